The highest BCUT2D eigenvalue weighted by atomic mass is 32.2. The number of urea groups is 1. The van der Waals surface area contributed by atoms with Gasteiger partial charge in [0.2, 0.25) is 0 Å². The van der Waals surface area contributed by atoms with Gasteiger partial charge in [0.1, 0.15) is 0 Å². The van der Waals surface area contributed by atoms with Gasteiger partial charge in [0.05, 0.1) is 18.3 Å². The summed E-state index contributed by atoms with van der Waals surface area (Å²) in [7, 11) is 1.90. The highest BCUT2D eigenvalue weighted by Crippen LogP contribution is 2.30. The molecule has 3 heterocycles. The number of carbonyl (C=O) groups excluding carboxylic acids is 1. The summed E-state index contributed by atoms with van der Waals surface area (Å²) in [5, 5.41) is 7.43. The Morgan fingerprint density at radius 2 is 2.25 bits per heavy atom. The third kappa shape index (κ3) is 3.72. The van der Waals surface area contributed by atoms with Gasteiger partial charge in [-0.15, -0.1) is 0 Å². The molecular weight excluding hydrogens is 322 g/mol. The summed E-state index contributed by atoms with van der Waals surface area (Å²) in [5.74, 6) is 1.88. The molecule has 2 atom stereocenters. The van der Waals surface area contributed by atoms with Crippen molar-refractivity contribution in [2.75, 3.05) is 18.1 Å². The number of hydrogen-bond donors (Lipinski definition) is 1. The van der Waals surface area contributed by atoms with E-state index < -0.39 is 0 Å². The third-order valence-corrected chi connectivity index (χ3v) is 5.34. The fourth-order valence-electron chi connectivity index (χ4n) is 2.98. The van der Waals surface area contributed by atoms with Crippen LogP contribution in [0.2, 0.25) is 0 Å². The van der Waals surface area contributed by atoms with Crippen LogP contribution in [0.4, 0.5) is 4.79 Å². The summed E-state index contributed by atoms with van der Waals surface area (Å²) in [5.41, 5.74) is 2.18. The van der Waals surface area contributed by atoms with Crippen molar-refractivity contribution in [3.8, 4) is 0 Å². The Hall–Kier alpha value is -2.02. The first-order chi connectivity index (χ1) is 11.7. The van der Waals surface area contributed by atoms with Crippen molar-refractivity contribution < 1.29 is 4.79 Å². The van der Waals surface area contributed by atoms with E-state index in [-0.39, 0.29) is 18.1 Å². The van der Waals surface area contributed by atoms with Crippen molar-refractivity contribution in [1.82, 2.24) is 25.0 Å². The number of nitrogens with one attached hydrogen (secondary N) is 1. The lowest BCUT2D eigenvalue weighted by Gasteiger charge is -2.36. The predicted molar refractivity (Wildman–Crippen MR) is 95.8 cm³/mol. The molecule has 0 unspecified atom stereocenters. The lowest BCUT2D eigenvalue weighted by Crippen LogP contribution is -2.47. The zero-order chi connectivity index (χ0) is 16.9. The predicted octanol–water partition coefficient (Wildman–Crippen LogP) is 2.77. The first kappa shape index (κ1) is 16.8. The lowest BCUT2D eigenvalue weighted by atomic mass is 10.1. The number of aryl methyl sites for hydroxylation is 1. The van der Waals surface area contributed by atoms with E-state index in [1.54, 1.807) is 17.1 Å². The Morgan fingerprint density at radius 1 is 1.46 bits per heavy atom. The van der Waals surface area contributed by atoms with Gasteiger partial charge in [-0.05, 0) is 24.1 Å². The van der Waals surface area contributed by atoms with E-state index in [2.05, 4.69) is 22.3 Å². The van der Waals surface area contributed by atoms with Crippen LogP contribution in [0.15, 0.2) is 36.9 Å². The minimum atomic E-state index is -0.00665. The molecule has 0 saturated carbocycles. The number of aromatic nitrogens is 3. The van der Waals surface area contributed by atoms with Crippen LogP contribution < -0.4 is 5.32 Å². The number of hydrogen-bond acceptors (Lipinski definition) is 4. The maximum atomic E-state index is 12.9. The Morgan fingerprint density at radius 3 is 2.92 bits per heavy atom. The van der Waals surface area contributed by atoms with Crippen molar-refractivity contribution in [3.05, 3.63) is 48.0 Å². The molecule has 2 aromatic rings. The van der Waals surface area contributed by atoms with Crippen molar-refractivity contribution in [2.45, 2.75) is 25.4 Å². The van der Waals surface area contributed by atoms with Crippen LogP contribution in [-0.2, 0) is 7.05 Å². The minimum absolute atomic E-state index is 0.00429. The zero-order valence-corrected chi connectivity index (χ0v) is 14.9. The van der Waals surface area contributed by atoms with Crippen LogP contribution >= 0.6 is 11.8 Å². The Kier molecular flexibility index (Phi) is 5.40. The minimum Gasteiger partial charge on any atom is -0.331 e. The molecule has 0 spiro atoms. The van der Waals surface area contributed by atoms with Crippen LogP contribution in [0, 0.1) is 0 Å². The van der Waals surface area contributed by atoms with E-state index in [0.29, 0.717) is 0 Å². The molecule has 1 saturated heterocycles. The highest BCUT2D eigenvalue weighted by molar-refractivity contribution is 7.99. The quantitative estimate of drug-likeness (QED) is 0.925. The van der Waals surface area contributed by atoms with Gasteiger partial charge in [-0.25, -0.2) is 4.79 Å². The Bertz CT molecular complexity index is 675. The summed E-state index contributed by atoms with van der Waals surface area (Å²) in [4.78, 5) is 18.9. The van der Waals surface area contributed by atoms with E-state index in [9.17, 15) is 4.79 Å². The number of pyridine rings is 1. The van der Waals surface area contributed by atoms with Crippen molar-refractivity contribution >= 4 is 17.8 Å². The van der Waals surface area contributed by atoms with Crippen LogP contribution in [-0.4, -0.2) is 43.7 Å². The largest absolute Gasteiger partial charge is 0.331 e. The van der Waals surface area contributed by atoms with Crippen molar-refractivity contribution in [2.24, 2.45) is 7.05 Å². The molecule has 128 valence electrons. The van der Waals surface area contributed by atoms with Gasteiger partial charge in [0.25, 0.3) is 0 Å². The molecule has 3 rings (SSSR count). The Balaban J connectivity index is 1.74. The average Bonchev–Trinajstić information content (AvgIpc) is 3.06. The lowest BCUT2D eigenvalue weighted by molar-refractivity contribution is 0.178. The normalized spacial score (nSPS) is 19.1. The average molecular weight is 345 g/mol. The molecule has 6 nitrogen and oxygen atoms in total. The van der Waals surface area contributed by atoms with Gasteiger partial charge in [0, 0.05) is 49.3 Å². The van der Waals surface area contributed by atoms with Gasteiger partial charge in [-0.3, -0.25) is 9.67 Å². The van der Waals surface area contributed by atoms with Crippen LogP contribution in [0.5, 0.6) is 0 Å². The molecule has 0 aromatic carbocycles. The topological polar surface area (TPSA) is 63.1 Å². The monoisotopic (exact) mass is 345 g/mol. The fraction of sp³-hybridized carbons (Fsp3) is 0.471. The maximum Gasteiger partial charge on any atom is 0.318 e. The van der Waals surface area contributed by atoms with Crippen LogP contribution in [0.25, 0.3) is 0 Å². The van der Waals surface area contributed by atoms with E-state index in [0.717, 1.165) is 35.6 Å². The molecule has 2 aromatic heterocycles. The summed E-state index contributed by atoms with van der Waals surface area (Å²) in [6, 6.07) is 3.99. The number of carbonyl (C=O) groups is 1. The molecule has 0 aliphatic carbocycles. The second-order valence-electron chi connectivity index (χ2n) is 5.92. The van der Waals surface area contributed by atoms with Gasteiger partial charge in [-0.1, -0.05) is 6.92 Å². The van der Waals surface area contributed by atoms with Crippen LogP contribution in [0.1, 0.15) is 36.6 Å². The molecule has 0 radical (unpaired) electrons. The third-order valence-electron chi connectivity index (χ3n) is 4.31. The zero-order valence-electron chi connectivity index (χ0n) is 14.1. The van der Waals surface area contributed by atoms with Crippen molar-refractivity contribution in [3.63, 3.8) is 0 Å². The standard InChI is InChI=1S/C17H23N5OS/c1-3-15(13-4-6-18-7-5-13)20-17(23)22-8-9-24-12-16(22)14-10-19-21(2)11-14/h4-7,10-11,15-16H,3,8-9,12H2,1-2H3,(H,20,23)/t15-,16-/m0/s1. The molecule has 1 N–H and O–H groups in total. The highest BCUT2D eigenvalue weighted by Gasteiger charge is 2.30. The summed E-state index contributed by atoms with van der Waals surface area (Å²) >= 11 is 1.88. The Labute approximate surface area is 146 Å². The summed E-state index contributed by atoms with van der Waals surface area (Å²) in [6.45, 7) is 2.83. The molecule has 1 aliphatic rings. The molecular formula is C17H23N5OS. The van der Waals surface area contributed by atoms with Gasteiger partial charge in [0.15, 0.2) is 0 Å². The number of thioether (sulfide) groups is 1. The second kappa shape index (κ2) is 7.70. The summed E-state index contributed by atoms with van der Waals surface area (Å²) in [6.07, 6.45) is 8.23. The first-order valence-corrected chi connectivity index (χ1v) is 9.38. The first-order valence-electron chi connectivity index (χ1n) is 8.22. The molecule has 7 heteroatoms. The molecule has 1 fully saturated rings. The number of amides is 2. The fourth-order valence-corrected chi connectivity index (χ4v) is 4.07. The van der Waals surface area contributed by atoms with Crippen LogP contribution in [0.3, 0.4) is 0 Å². The number of rotatable bonds is 4. The van der Waals surface area contributed by atoms with Gasteiger partial charge < -0.3 is 10.2 Å². The summed E-state index contributed by atoms with van der Waals surface area (Å²) < 4.78 is 1.79. The van der Waals surface area contributed by atoms with E-state index in [4.69, 9.17) is 0 Å². The molecule has 24 heavy (non-hydrogen) atoms. The second-order valence-corrected chi connectivity index (χ2v) is 7.07. The van der Waals surface area contributed by atoms with E-state index >= 15 is 0 Å². The molecule has 0 bridgehead atoms. The van der Waals surface area contributed by atoms with Gasteiger partial charge >= 0.3 is 6.03 Å². The maximum absolute atomic E-state index is 12.9. The van der Waals surface area contributed by atoms with Gasteiger partial charge in [-0.2, -0.15) is 16.9 Å². The molecule has 1 aliphatic heterocycles. The number of nitrogens with zero attached hydrogens (tertiary/aromatic N) is 4. The van der Waals surface area contributed by atoms with E-state index in [1.165, 1.54) is 0 Å². The molecule has 2 amide bonds. The van der Waals surface area contributed by atoms with Crippen molar-refractivity contribution in [1.29, 1.82) is 0 Å². The SMILES string of the molecule is CC[C@H](NC(=O)N1CCSC[C@H]1c1cnn(C)c1)c1ccncc1. The smallest absolute Gasteiger partial charge is 0.318 e. The van der Waals surface area contributed by atoms with E-state index in [1.807, 2.05) is 48.2 Å².